The van der Waals surface area contributed by atoms with E-state index in [0.29, 0.717) is 54.3 Å². The molecule has 1 N–H and O–H groups in total. The molecule has 2 fully saturated rings. The van der Waals surface area contributed by atoms with Crippen LogP contribution in [0.5, 0.6) is 0 Å². The summed E-state index contributed by atoms with van der Waals surface area (Å²) in [6, 6.07) is 11.2. The molecule has 0 aliphatic carbocycles. The van der Waals surface area contributed by atoms with E-state index in [2.05, 4.69) is 9.88 Å². The second-order valence-electron chi connectivity index (χ2n) is 9.39. The number of pyridine rings is 1. The molecule has 2 aliphatic heterocycles. The number of carbonyl (C=O) groups excluding carboxylic acids is 3. The van der Waals surface area contributed by atoms with Crippen LogP contribution in [-0.2, 0) is 19.1 Å². The molecule has 2 saturated heterocycles. The fraction of sp³-hybridized carbons (Fsp3) is 0.357. The molecule has 0 saturated carbocycles. The Morgan fingerprint density at radius 1 is 1.11 bits per heavy atom. The van der Waals surface area contributed by atoms with Gasteiger partial charge < -0.3 is 19.5 Å². The van der Waals surface area contributed by atoms with Gasteiger partial charge in [0.05, 0.1) is 43.2 Å². The summed E-state index contributed by atoms with van der Waals surface area (Å²) >= 11 is 0. The summed E-state index contributed by atoms with van der Waals surface area (Å²) in [4.78, 5) is 47.0. The minimum absolute atomic E-state index is 0.000874. The van der Waals surface area contributed by atoms with Gasteiger partial charge in [0.15, 0.2) is 5.76 Å². The van der Waals surface area contributed by atoms with Crippen molar-refractivity contribution in [2.24, 2.45) is 0 Å². The summed E-state index contributed by atoms with van der Waals surface area (Å²) in [5.41, 5.74) is 2.47. The number of methoxy groups -OCH3 is 1. The molecule has 1 atom stereocenters. The third-order valence-electron chi connectivity index (χ3n) is 7.09. The Balaban J connectivity index is 1.55. The molecule has 0 bridgehead atoms. The number of rotatable bonds is 7. The topological polar surface area (TPSA) is 114 Å². The number of hydrogen-bond acceptors (Lipinski definition) is 8. The lowest BCUT2D eigenvalue weighted by Crippen LogP contribution is -2.39. The van der Waals surface area contributed by atoms with Gasteiger partial charge in [-0.25, -0.2) is 9.78 Å². The summed E-state index contributed by atoms with van der Waals surface area (Å²) < 4.78 is 11.9. The van der Waals surface area contributed by atoms with Gasteiger partial charge >= 0.3 is 5.97 Å². The molecule has 2 aliphatic rings. The second-order valence-corrected chi connectivity index (χ2v) is 9.39. The Morgan fingerprint density at radius 2 is 1.84 bits per heavy atom. The van der Waals surface area contributed by atoms with Crippen molar-refractivity contribution in [2.45, 2.75) is 19.4 Å². The molecular formula is C28H30N4O6. The molecule has 2 aromatic heterocycles. The Kier molecular flexibility index (Phi) is 7.26. The van der Waals surface area contributed by atoms with Gasteiger partial charge in [0, 0.05) is 32.4 Å². The first kappa shape index (κ1) is 25.6. The summed E-state index contributed by atoms with van der Waals surface area (Å²) in [6.07, 6.45) is 2.40. The van der Waals surface area contributed by atoms with Crippen molar-refractivity contribution in [1.29, 1.82) is 0 Å². The maximum absolute atomic E-state index is 13.4. The van der Waals surface area contributed by atoms with Crippen LogP contribution in [0, 0.1) is 6.92 Å². The summed E-state index contributed by atoms with van der Waals surface area (Å²) in [7, 11) is 1.30. The predicted octanol–water partition coefficient (Wildman–Crippen LogP) is 2.57. The van der Waals surface area contributed by atoms with E-state index in [1.165, 1.54) is 12.0 Å². The first-order chi connectivity index (χ1) is 18.4. The van der Waals surface area contributed by atoms with Crippen molar-refractivity contribution in [3.63, 3.8) is 0 Å². The van der Waals surface area contributed by atoms with Gasteiger partial charge in [0.2, 0.25) is 0 Å². The molecule has 4 heterocycles. The van der Waals surface area contributed by atoms with Crippen molar-refractivity contribution < 1.29 is 29.0 Å². The lowest BCUT2D eigenvalue weighted by molar-refractivity contribution is -0.140. The van der Waals surface area contributed by atoms with E-state index < -0.39 is 23.7 Å². The number of aliphatic hydroxyl groups is 1. The maximum Gasteiger partial charge on any atom is 0.337 e. The van der Waals surface area contributed by atoms with Gasteiger partial charge in [0.1, 0.15) is 11.3 Å². The van der Waals surface area contributed by atoms with Crippen LogP contribution in [0.4, 0.5) is 0 Å². The van der Waals surface area contributed by atoms with Gasteiger partial charge in [-0.1, -0.05) is 18.2 Å². The molecule has 1 aromatic carbocycles. The first-order valence-electron chi connectivity index (χ1n) is 12.6. The number of aromatic nitrogens is 2. The number of carbonyl (C=O) groups is 3. The van der Waals surface area contributed by atoms with E-state index in [1.54, 1.807) is 53.9 Å². The van der Waals surface area contributed by atoms with E-state index in [1.807, 2.05) is 6.07 Å². The van der Waals surface area contributed by atoms with Crippen LogP contribution in [-0.4, -0.2) is 88.5 Å². The highest BCUT2D eigenvalue weighted by molar-refractivity contribution is 6.46. The normalized spacial score (nSPS) is 19.8. The number of hydrogen-bond donors (Lipinski definition) is 1. The van der Waals surface area contributed by atoms with Crippen LogP contribution in [0.3, 0.4) is 0 Å². The van der Waals surface area contributed by atoms with E-state index in [0.717, 1.165) is 19.6 Å². The SMILES string of the molecule is COC(=O)c1ccc([C@H]2/C(=C(\O)c3c(C)nc4ccccn34)C(=O)C(=O)N2CCCN2CCOCC2)cc1. The lowest BCUT2D eigenvalue weighted by Gasteiger charge is -2.29. The fourth-order valence-corrected chi connectivity index (χ4v) is 5.19. The average molecular weight is 519 g/mol. The lowest BCUT2D eigenvalue weighted by atomic mass is 9.95. The number of ether oxygens (including phenoxy) is 2. The van der Waals surface area contributed by atoms with E-state index >= 15 is 0 Å². The highest BCUT2D eigenvalue weighted by Crippen LogP contribution is 2.40. The molecule has 10 nitrogen and oxygen atoms in total. The summed E-state index contributed by atoms with van der Waals surface area (Å²) in [5, 5.41) is 11.6. The zero-order chi connectivity index (χ0) is 26.8. The van der Waals surface area contributed by atoms with Crippen molar-refractivity contribution >= 4 is 29.1 Å². The Morgan fingerprint density at radius 3 is 2.55 bits per heavy atom. The monoisotopic (exact) mass is 518 g/mol. The van der Waals surface area contributed by atoms with Crippen LogP contribution in [0.1, 0.15) is 39.8 Å². The second kappa shape index (κ2) is 10.8. The van der Waals surface area contributed by atoms with E-state index in [4.69, 9.17) is 9.47 Å². The first-order valence-corrected chi connectivity index (χ1v) is 12.6. The molecule has 1 amide bonds. The number of esters is 1. The predicted molar refractivity (Wildman–Crippen MR) is 139 cm³/mol. The van der Waals surface area contributed by atoms with Gasteiger partial charge in [-0.3, -0.25) is 18.9 Å². The number of amides is 1. The zero-order valence-electron chi connectivity index (χ0n) is 21.4. The number of aliphatic hydroxyl groups excluding tert-OH is 1. The molecule has 38 heavy (non-hydrogen) atoms. The minimum Gasteiger partial charge on any atom is -0.505 e. The van der Waals surface area contributed by atoms with Crippen molar-refractivity contribution in [1.82, 2.24) is 19.2 Å². The number of ketones is 1. The van der Waals surface area contributed by atoms with E-state index in [-0.39, 0.29) is 11.3 Å². The van der Waals surface area contributed by atoms with Crippen molar-refractivity contribution in [3.8, 4) is 0 Å². The smallest absolute Gasteiger partial charge is 0.337 e. The molecule has 3 aromatic rings. The molecule has 0 radical (unpaired) electrons. The molecular weight excluding hydrogens is 488 g/mol. The third kappa shape index (κ3) is 4.68. The Labute approximate surface area is 220 Å². The van der Waals surface area contributed by atoms with Crippen LogP contribution in [0.15, 0.2) is 54.2 Å². The zero-order valence-corrected chi connectivity index (χ0v) is 21.4. The van der Waals surface area contributed by atoms with Gasteiger partial charge in [0.25, 0.3) is 11.7 Å². The highest BCUT2D eigenvalue weighted by Gasteiger charge is 2.46. The van der Waals surface area contributed by atoms with Gasteiger partial charge in [-0.05, 0) is 43.2 Å². The number of fused-ring (bicyclic) bond motifs is 1. The number of likely N-dealkylation sites (tertiary alicyclic amines) is 1. The molecule has 198 valence electrons. The number of Topliss-reactive ketones (excluding diaryl/α,β-unsaturated/α-hetero) is 1. The highest BCUT2D eigenvalue weighted by atomic mass is 16.5. The van der Waals surface area contributed by atoms with Crippen LogP contribution >= 0.6 is 0 Å². The van der Waals surface area contributed by atoms with Crippen molar-refractivity contribution in [3.05, 3.63) is 76.7 Å². The number of imidazole rings is 1. The van der Waals surface area contributed by atoms with Crippen LogP contribution < -0.4 is 0 Å². The largest absolute Gasteiger partial charge is 0.505 e. The maximum atomic E-state index is 13.4. The van der Waals surface area contributed by atoms with Gasteiger partial charge in [-0.15, -0.1) is 0 Å². The van der Waals surface area contributed by atoms with Crippen LogP contribution in [0.25, 0.3) is 11.4 Å². The molecule has 0 spiro atoms. The average Bonchev–Trinajstić information content (AvgIpc) is 3.41. The molecule has 10 heteroatoms. The fourth-order valence-electron chi connectivity index (χ4n) is 5.19. The Bertz CT molecular complexity index is 1400. The summed E-state index contributed by atoms with van der Waals surface area (Å²) in [6.45, 7) is 5.84. The number of morpholine rings is 1. The van der Waals surface area contributed by atoms with Crippen LogP contribution in [0.2, 0.25) is 0 Å². The Hall–Kier alpha value is -4.02. The molecule has 5 rings (SSSR count). The number of aryl methyl sites for hydroxylation is 1. The number of benzene rings is 1. The van der Waals surface area contributed by atoms with E-state index in [9.17, 15) is 19.5 Å². The van der Waals surface area contributed by atoms with Gasteiger partial charge in [-0.2, -0.15) is 0 Å². The quantitative estimate of drug-likeness (QED) is 0.220. The number of nitrogens with zero attached hydrogens (tertiary/aromatic N) is 4. The summed E-state index contributed by atoms with van der Waals surface area (Å²) in [5.74, 6) is -2.18. The molecule has 0 unspecified atom stereocenters. The third-order valence-corrected chi connectivity index (χ3v) is 7.09. The van der Waals surface area contributed by atoms with Crippen molar-refractivity contribution in [2.75, 3.05) is 46.5 Å². The standard InChI is InChI=1S/C28H30N4O6/c1-18-23(31-12-4-3-6-21(31)29-18)25(33)22-24(19-7-9-20(10-8-19)28(36)37-2)32(27(35)26(22)34)13-5-11-30-14-16-38-17-15-30/h3-4,6-10,12,24,33H,5,11,13-17H2,1-2H3/b25-22+/t24-/m0/s1. The minimum atomic E-state index is -0.819.